The summed E-state index contributed by atoms with van der Waals surface area (Å²) in [6.45, 7) is 4.01. The van der Waals surface area contributed by atoms with E-state index in [1.807, 2.05) is 50.2 Å². The lowest BCUT2D eigenvalue weighted by Gasteiger charge is -2.07. The van der Waals surface area contributed by atoms with E-state index in [2.05, 4.69) is 11.4 Å². The number of amides is 1. The zero-order valence-corrected chi connectivity index (χ0v) is 12.1. The van der Waals surface area contributed by atoms with E-state index < -0.39 is 0 Å². The quantitative estimate of drug-likeness (QED) is 0.779. The summed E-state index contributed by atoms with van der Waals surface area (Å²) < 4.78 is 5.50. The number of rotatable bonds is 3. The molecule has 3 rings (SSSR count). The van der Waals surface area contributed by atoms with Crippen LogP contribution in [-0.4, -0.2) is 5.91 Å². The van der Waals surface area contributed by atoms with Gasteiger partial charge < -0.3 is 9.73 Å². The topological polar surface area (TPSA) is 42.2 Å². The SMILES string of the molecule is Cc1ccc2occ(CC(=O)Nc3ccccc3C)c2c1. The third kappa shape index (κ3) is 2.82. The fraction of sp³-hybridized carbons (Fsp3) is 0.167. The van der Waals surface area contributed by atoms with Gasteiger partial charge in [0.2, 0.25) is 5.91 Å². The van der Waals surface area contributed by atoms with Gasteiger partial charge in [-0.25, -0.2) is 0 Å². The number of benzene rings is 2. The minimum Gasteiger partial charge on any atom is -0.464 e. The Kier molecular flexibility index (Phi) is 3.48. The molecule has 3 heteroatoms. The van der Waals surface area contributed by atoms with E-state index in [-0.39, 0.29) is 5.91 Å². The van der Waals surface area contributed by atoms with Crippen LogP contribution in [0.15, 0.2) is 53.1 Å². The second kappa shape index (κ2) is 5.44. The van der Waals surface area contributed by atoms with Crippen molar-refractivity contribution in [2.24, 2.45) is 0 Å². The molecule has 1 heterocycles. The van der Waals surface area contributed by atoms with Crippen molar-refractivity contribution in [3.05, 3.63) is 65.4 Å². The van der Waals surface area contributed by atoms with E-state index in [4.69, 9.17) is 4.42 Å². The molecule has 106 valence electrons. The minimum atomic E-state index is -0.0338. The van der Waals surface area contributed by atoms with E-state index in [1.165, 1.54) is 0 Å². The number of hydrogen-bond acceptors (Lipinski definition) is 2. The van der Waals surface area contributed by atoms with Crippen LogP contribution >= 0.6 is 0 Å². The highest BCUT2D eigenvalue weighted by Crippen LogP contribution is 2.23. The van der Waals surface area contributed by atoms with Gasteiger partial charge in [0.15, 0.2) is 0 Å². The molecule has 1 aromatic heterocycles. The van der Waals surface area contributed by atoms with Crippen molar-refractivity contribution in [3.8, 4) is 0 Å². The number of carbonyl (C=O) groups excluding carboxylic acids is 1. The molecule has 1 amide bonds. The second-order valence-corrected chi connectivity index (χ2v) is 5.30. The van der Waals surface area contributed by atoms with E-state index in [0.29, 0.717) is 6.42 Å². The van der Waals surface area contributed by atoms with Crippen LogP contribution in [0.1, 0.15) is 16.7 Å². The fourth-order valence-corrected chi connectivity index (χ4v) is 2.41. The first-order valence-corrected chi connectivity index (χ1v) is 6.96. The summed E-state index contributed by atoms with van der Waals surface area (Å²) in [5.74, 6) is -0.0338. The van der Waals surface area contributed by atoms with Gasteiger partial charge in [-0.15, -0.1) is 0 Å². The zero-order chi connectivity index (χ0) is 14.8. The molecule has 0 saturated heterocycles. The molecule has 0 aliphatic heterocycles. The summed E-state index contributed by atoms with van der Waals surface area (Å²) in [6, 6.07) is 13.7. The van der Waals surface area contributed by atoms with Gasteiger partial charge in [-0.3, -0.25) is 4.79 Å². The summed E-state index contributed by atoms with van der Waals surface area (Å²) in [4.78, 5) is 12.2. The summed E-state index contributed by atoms with van der Waals surface area (Å²) in [7, 11) is 0. The molecule has 1 N–H and O–H groups in total. The predicted molar refractivity (Wildman–Crippen MR) is 84.5 cm³/mol. The average molecular weight is 279 g/mol. The van der Waals surface area contributed by atoms with Crippen molar-refractivity contribution in [3.63, 3.8) is 0 Å². The van der Waals surface area contributed by atoms with Crippen LogP contribution in [0.25, 0.3) is 11.0 Å². The van der Waals surface area contributed by atoms with Gasteiger partial charge >= 0.3 is 0 Å². The molecule has 0 aliphatic carbocycles. The van der Waals surface area contributed by atoms with E-state index >= 15 is 0 Å². The van der Waals surface area contributed by atoms with Crippen molar-refractivity contribution >= 4 is 22.6 Å². The number of furan rings is 1. The average Bonchev–Trinajstić information content (AvgIpc) is 2.84. The Morgan fingerprint density at radius 3 is 2.76 bits per heavy atom. The van der Waals surface area contributed by atoms with Crippen molar-refractivity contribution in [2.45, 2.75) is 20.3 Å². The Balaban J connectivity index is 1.80. The minimum absolute atomic E-state index is 0.0338. The van der Waals surface area contributed by atoms with Crippen LogP contribution in [-0.2, 0) is 11.2 Å². The summed E-state index contributed by atoms with van der Waals surface area (Å²) >= 11 is 0. The highest BCUT2D eigenvalue weighted by Gasteiger charge is 2.11. The number of hydrogen-bond donors (Lipinski definition) is 1. The molecule has 0 spiro atoms. The number of fused-ring (bicyclic) bond motifs is 1. The van der Waals surface area contributed by atoms with Gasteiger partial charge in [-0.05, 0) is 37.6 Å². The van der Waals surface area contributed by atoms with Crippen LogP contribution in [0.2, 0.25) is 0 Å². The van der Waals surface area contributed by atoms with Gasteiger partial charge in [0.05, 0.1) is 12.7 Å². The van der Waals surface area contributed by atoms with E-state index in [0.717, 1.165) is 33.3 Å². The molecule has 0 radical (unpaired) electrons. The molecule has 0 unspecified atom stereocenters. The Labute approximate surface area is 123 Å². The Hall–Kier alpha value is -2.55. The summed E-state index contributed by atoms with van der Waals surface area (Å²) in [6.07, 6.45) is 1.98. The number of anilines is 1. The molecule has 3 aromatic rings. The highest BCUT2D eigenvalue weighted by molar-refractivity contribution is 5.95. The highest BCUT2D eigenvalue weighted by atomic mass is 16.3. The third-order valence-electron chi connectivity index (χ3n) is 3.58. The number of para-hydroxylation sites is 1. The molecule has 0 atom stereocenters. The zero-order valence-electron chi connectivity index (χ0n) is 12.1. The normalized spacial score (nSPS) is 10.8. The first-order valence-electron chi connectivity index (χ1n) is 6.96. The largest absolute Gasteiger partial charge is 0.464 e. The Bertz CT molecular complexity index is 802. The summed E-state index contributed by atoms with van der Waals surface area (Å²) in [5, 5.41) is 3.96. The maximum atomic E-state index is 12.2. The molecule has 0 fully saturated rings. The van der Waals surface area contributed by atoms with Crippen LogP contribution < -0.4 is 5.32 Å². The molecule has 0 aliphatic rings. The van der Waals surface area contributed by atoms with Crippen molar-refractivity contribution in [2.75, 3.05) is 5.32 Å². The lowest BCUT2D eigenvalue weighted by atomic mass is 10.1. The standard InChI is InChI=1S/C18H17NO2/c1-12-7-8-17-15(9-12)14(11-21-17)10-18(20)19-16-6-4-3-5-13(16)2/h3-9,11H,10H2,1-2H3,(H,19,20). The monoisotopic (exact) mass is 279 g/mol. The predicted octanol–water partition coefficient (Wildman–Crippen LogP) is 4.23. The fourth-order valence-electron chi connectivity index (χ4n) is 2.41. The number of carbonyl (C=O) groups is 1. The number of nitrogens with one attached hydrogen (secondary N) is 1. The van der Waals surface area contributed by atoms with Gasteiger partial charge in [-0.2, -0.15) is 0 Å². The molecule has 0 bridgehead atoms. The maximum absolute atomic E-state index is 12.2. The van der Waals surface area contributed by atoms with E-state index in [1.54, 1.807) is 6.26 Å². The molecular weight excluding hydrogens is 262 g/mol. The van der Waals surface area contributed by atoms with Crippen LogP contribution in [0.4, 0.5) is 5.69 Å². The van der Waals surface area contributed by atoms with Gasteiger partial charge in [0.1, 0.15) is 5.58 Å². The molecule has 21 heavy (non-hydrogen) atoms. The maximum Gasteiger partial charge on any atom is 0.228 e. The molecule has 3 nitrogen and oxygen atoms in total. The van der Waals surface area contributed by atoms with Crippen molar-refractivity contribution < 1.29 is 9.21 Å². The smallest absolute Gasteiger partial charge is 0.228 e. The van der Waals surface area contributed by atoms with Gasteiger partial charge in [0.25, 0.3) is 0 Å². The van der Waals surface area contributed by atoms with E-state index in [9.17, 15) is 4.79 Å². The Morgan fingerprint density at radius 1 is 1.14 bits per heavy atom. The lowest BCUT2D eigenvalue weighted by Crippen LogP contribution is -2.14. The van der Waals surface area contributed by atoms with Crippen LogP contribution in [0.5, 0.6) is 0 Å². The Morgan fingerprint density at radius 2 is 1.95 bits per heavy atom. The number of aryl methyl sites for hydroxylation is 2. The lowest BCUT2D eigenvalue weighted by molar-refractivity contribution is -0.115. The molecule has 2 aromatic carbocycles. The van der Waals surface area contributed by atoms with Crippen molar-refractivity contribution in [1.82, 2.24) is 0 Å². The molecular formula is C18H17NO2. The summed E-state index contributed by atoms with van der Waals surface area (Å²) in [5.41, 5.74) is 4.80. The first kappa shape index (κ1) is 13.4. The third-order valence-corrected chi connectivity index (χ3v) is 3.58. The first-order chi connectivity index (χ1) is 10.1. The van der Waals surface area contributed by atoms with Crippen LogP contribution in [0.3, 0.4) is 0 Å². The van der Waals surface area contributed by atoms with Crippen molar-refractivity contribution in [1.29, 1.82) is 0 Å². The van der Waals surface area contributed by atoms with Crippen LogP contribution in [0, 0.1) is 13.8 Å². The van der Waals surface area contributed by atoms with Gasteiger partial charge in [-0.1, -0.05) is 29.8 Å². The second-order valence-electron chi connectivity index (χ2n) is 5.30. The molecule has 0 saturated carbocycles. The van der Waals surface area contributed by atoms with Gasteiger partial charge in [0, 0.05) is 16.6 Å².